The van der Waals surface area contributed by atoms with Gasteiger partial charge in [0.25, 0.3) is 0 Å². The molecular formula is C34H51N2+. The molecule has 0 bridgehead atoms. The molecule has 0 N–H and O–H groups in total. The van der Waals surface area contributed by atoms with Crippen molar-refractivity contribution in [1.82, 2.24) is 4.57 Å². The van der Waals surface area contributed by atoms with E-state index in [9.17, 15) is 0 Å². The maximum Gasteiger partial charge on any atom is 0.244 e. The normalized spacial score (nSPS) is 14.0. The molecule has 2 aromatic carbocycles. The van der Waals surface area contributed by atoms with Gasteiger partial charge in [0, 0.05) is 5.41 Å². The van der Waals surface area contributed by atoms with Crippen LogP contribution in [0.15, 0.2) is 79.4 Å². The van der Waals surface area contributed by atoms with Crippen molar-refractivity contribution in [3.8, 4) is 0 Å². The second-order valence-electron chi connectivity index (χ2n) is 11.0. The molecule has 3 rings (SSSR count). The smallest absolute Gasteiger partial charge is 0.237 e. The number of unbranched alkanes of at least 4 members (excludes halogenated alkanes) is 9. The number of aromatic nitrogens is 2. The van der Waals surface area contributed by atoms with Gasteiger partial charge in [-0.3, -0.25) is 0 Å². The second kappa shape index (κ2) is 15.7. The van der Waals surface area contributed by atoms with E-state index >= 15 is 0 Å². The largest absolute Gasteiger partial charge is 0.244 e. The summed E-state index contributed by atoms with van der Waals surface area (Å²) in [5.74, 6) is 0. The van der Waals surface area contributed by atoms with E-state index in [1.54, 1.807) is 0 Å². The van der Waals surface area contributed by atoms with Gasteiger partial charge >= 0.3 is 0 Å². The van der Waals surface area contributed by atoms with Crippen LogP contribution >= 0.6 is 0 Å². The van der Waals surface area contributed by atoms with Crippen LogP contribution in [0.2, 0.25) is 0 Å². The quantitative estimate of drug-likeness (QED) is 0.125. The van der Waals surface area contributed by atoms with Crippen LogP contribution in [0.25, 0.3) is 0 Å². The van der Waals surface area contributed by atoms with Crippen molar-refractivity contribution in [3.63, 3.8) is 0 Å². The fourth-order valence-electron chi connectivity index (χ4n) is 5.79. The Balaban J connectivity index is 1.82. The molecule has 2 nitrogen and oxygen atoms in total. The van der Waals surface area contributed by atoms with Crippen molar-refractivity contribution in [3.05, 3.63) is 90.5 Å². The first-order valence-electron chi connectivity index (χ1n) is 14.8. The highest BCUT2D eigenvalue weighted by atomic mass is 15.1. The first kappa shape index (κ1) is 28.2. The molecule has 0 amide bonds. The number of aryl methyl sites for hydroxylation is 1. The molecule has 0 radical (unpaired) electrons. The van der Waals surface area contributed by atoms with Gasteiger partial charge in [-0.15, -0.1) is 0 Å². The second-order valence-corrected chi connectivity index (χ2v) is 11.0. The summed E-state index contributed by atoms with van der Waals surface area (Å²) in [4.78, 5) is 0. The highest BCUT2D eigenvalue weighted by Gasteiger charge is 2.40. The molecule has 36 heavy (non-hydrogen) atoms. The molecule has 2 atom stereocenters. The van der Waals surface area contributed by atoms with E-state index in [4.69, 9.17) is 0 Å². The summed E-state index contributed by atoms with van der Waals surface area (Å²) >= 11 is 0. The van der Waals surface area contributed by atoms with E-state index in [0.29, 0.717) is 6.04 Å². The average molecular weight is 488 g/mol. The first-order valence-corrected chi connectivity index (χ1v) is 14.8. The van der Waals surface area contributed by atoms with Crippen LogP contribution in [0.1, 0.15) is 115 Å². The highest BCUT2D eigenvalue weighted by molar-refractivity contribution is 5.30. The van der Waals surface area contributed by atoms with Crippen molar-refractivity contribution in [2.45, 2.75) is 122 Å². The van der Waals surface area contributed by atoms with E-state index in [2.05, 4.69) is 109 Å². The summed E-state index contributed by atoms with van der Waals surface area (Å²) in [5, 5.41) is 0. The van der Waals surface area contributed by atoms with E-state index in [1.807, 2.05) is 0 Å². The molecule has 0 saturated carbocycles. The van der Waals surface area contributed by atoms with E-state index in [1.165, 1.54) is 88.2 Å². The third-order valence-electron chi connectivity index (χ3n) is 8.01. The monoisotopic (exact) mass is 487 g/mol. The molecule has 0 fully saturated rings. The van der Waals surface area contributed by atoms with Gasteiger partial charge in [0.05, 0.1) is 6.54 Å². The van der Waals surface area contributed by atoms with Crippen LogP contribution in [-0.4, -0.2) is 4.57 Å². The Labute approximate surface area is 221 Å². The van der Waals surface area contributed by atoms with Gasteiger partial charge < -0.3 is 0 Å². The van der Waals surface area contributed by atoms with Gasteiger partial charge in [-0.2, -0.15) is 0 Å². The summed E-state index contributed by atoms with van der Waals surface area (Å²) in [5.41, 5.74) is 2.89. The third-order valence-corrected chi connectivity index (χ3v) is 8.01. The van der Waals surface area contributed by atoms with E-state index < -0.39 is 0 Å². The SMILES string of the molecule is CCCCCCCC[n+]1ccn(C(CCCCCCC)C(C)(Cc2ccccc2)c2ccccc2)c1. The van der Waals surface area contributed by atoms with Crippen molar-refractivity contribution < 1.29 is 4.57 Å². The predicted molar refractivity (Wildman–Crippen MR) is 154 cm³/mol. The minimum absolute atomic E-state index is 0.0182. The molecule has 0 aliphatic carbocycles. The van der Waals surface area contributed by atoms with Crippen LogP contribution in [0, 0.1) is 0 Å². The average Bonchev–Trinajstić information content (AvgIpc) is 3.37. The van der Waals surface area contributed by atoms with Crippen LogP contribution in [0.5, 0.6) is 0 Å². The number of benzene rings is 2. The molecule has 0 aliphatic heterocycles. The Bertz CT molecular complexity index is 946. The summed E-state index contributed by atoms with van der Waals surface area (Å²) in [6, 6.07) is 22.8. The van der Waals surface area contributed by atoms with Crippen LogP contribution in [0.4, 0.5) is 0 Å². The van der Waals surface area contributed by atoms with Crippen molar-refractivity contribution in [2.75, 3.05) is 0 Å². The van der Waals surface area contributed by atoms with Gasteiger partial charge in [-0.25, -0.2) is 9.13 Å². The number of rotatable bonds is 18. The zero-order chi connectivity index (χ0) is 25.5. The number of imidazole rings is 1. The Morgan fingerprint density at radius 1 is 0.722 bits per heavy atom. The molecule has 3 aromatic rings. The van der Waals surface area contributed by atoms with Crippen molar-refractivity contribution in [1.29, 1.82) is 0 Å². The molecule has 0 spiro atoms. The standard InChI is InChI=1S/C34H51N2/c1-4-6-8-10-12-20-26-35-27-28-36(30-35)33(25-19-11-9-7-5-2)34(3,32-23-17-14-18-24-32)29-31-21-15-13-16-22-31/h13-18,21-24,27-28,30,33H,4-12,19-20,25-26,29H2,1-3H3/q+1. The molecule has 0 saturated heterocycles. The summed E-state index contributed by atoms with van der Waals surface area (Å²) < 4.78 is 4.98. The number of hydrogen-bond acceptors (Lipinski definition) is 0. The Kier molecular flexibility index (Phi) is 12.3. The molecule has 2 unspecified atom stereocenters. The van der Waals surface area contributed by atoms with Gasteiger partial charge in [0.2, 0.25) is 6.33 Å². The topological polar surface area (TPSA) is 8.81 Å². The molecule has 196 valence electrons. The molecular weight excluding hydrogens is 436 g/mol. The zero-order valence-electron chi connectivity index (χ0n) is 23.4. The third kappa shape index (κ3) is 8.64. The molecule has 0 aliphatic rings. The Morgan fingerprint density at radius 2 is 1.31 bits per heavy atom. The molecule has 1 heterocycles. The maximum absolute atomic E-state index is 2.55. The highest BCUT2D eigenvalue weighted by Crippen LogP contribution is 2.41. The van der Waals surface area contributed by atoms with Crippen LogP contribution in [0.3, 0.4) is 0 Å². The Hall–Kier alpha value is -2.35. The van der Waals surface area contributed by atoms with E-state index in [0.717, 1.165) is 13.0 Å². The van der Waals surface area contributed by atoms with Crippen molar-refractivity contribution in [2.24, 2.45) is 0 Å². The summed E-state index contributed by atoms with van der Waals surface area (Å²) in [7, 11) is 0. The van der Waals surface area contributed by atoms with Crippen LogP contribution < -0.4 is 4.57 Å². The van der Waals surface area contributed by atoms with Gasteiger partial charge in [-0.05, 0) is 43.2 Å². The van der Waals surface area contributed by atoms with Crippen molar-refractivity contribution >= 4 is 0 Å². The fourth-order valence-corrected chi connectivity index (χ4v) is 5.79. The lowest BCUT2D eigenvalue weighted by Gasteiger charge is -2.37. The maximum atomic E-state index is 2.55. The fraction of sp³-hybridized carbons (Fsp3) is 0.559. The summed E-state index contributed by atoms with van der Waals surface area (Å²) in [6.07, 6.45) is 24.0. The number of hydrogen-bond donors (Lipinski definition) is 0. The van der Waals surface area contributed by atoms with Gasteiger partial charge in [0.15, 0.2) is 0 Å². The minimum Gasteiger partial charge on any atom is -0.237 e. The van der Waals surface area contributed by atoms with Gasteiger partial charge in [-0.1, -0.05) is 133 Å². The first-order chi connectivity index (χ1) is 17.7. The Morgan fingerprint density at radius 3 is 1.97 bits per heavy atom. The lowest BCUT2D eigenvalue weighted by Crippen LogP contribution is -2.38. The van der Waals surface area contributed by atoms with Crippen LogP contribution in [-0.2, 0) is 18.4 Å². The minimum atomic E-state index is 0.0182. The number of nitrogens with zero attached hydrogens (tertiary/aromatic N) is 2. The predicted octanol–water partition coefficient (Wildman–Crippen LogP) is 9.24. The molecule has 2 heteroatoms. The lowest BCUT2D eigenvalue weighted by atomic mass is 9.70. The lowest BCUT2D eigenvalue weighted by molar-refractivity contribution is -0.697. The van der Waals surface area contributed by atoms with Gasteiger partial charge in [0.1, 0.15) is 18.4 Å². The summed E-state index contributed by atoms with van der Waals surface area (Å²) in [6.45, 7) is 8.23. The zero-order valence-corrected chi connectivity index (χ0v) is 23.4. The molecule has 1 aromatic heterocycles. The van der Waals surface area contributed by atoms with E-state index in [-0.39, 0.29) is 5.41 Å².